The highest BCUT2D eigenvalue weighted by molar-refractivity contribution is 7.13. The molecule has 0 aromatic carbocycles. The molecule has 4 heterocycles. The molecule has 0 saturated carbocycles. The van der Waals surface area contributed by atoms with E-state index in [9.17, 15) is 9.90 Å². The Morgan fingerprint density at radius 2 is 2.11 bits per heavy atom. The molecule has 2 saturated heterocycles. The molecule has 0 bridgehead atoms. The first kappa shape index (κ1) is 22.1. The summed E-state index contributed by atoms with van der Waals surface area (Å²) in [6, 6.07) is 3.69. The molecule has 2 aliphatic heterocycles. The molecule has 1 amide bonds. The van der Waals surface area contributed by atoms with Crippen LogP contribution in [0.1, 0.15) is 12.3 Å². The maximum absolute atomic E-state index is 12.4. The number of aliphatic hydroxyl groups is 1. The molecular formula is C16H23Cl2N5O3S. The van der Waals surface area contributed by atoms with Crippen molar-refractivity contribution in [1.82, 2.24) is 25.3 Å². The van der Waals surface area contributed by atoms with Crippen LogP contribution in [0.2, 0.25) is 0 Å². The van der Waals surface area contributed by atoms with Gasteiger partial charge in [-0.05, 0) is 17.9 Å². The number of aliphatic hydroxyl groups excluding tert-OH is 1. The molecule has 2 aromatic rings. The predicted molar refractivity (Wildman–Crippen MR) is 106 cm³/mol. The number of β-amino-alcohol motifs (C(OH)–C–C–N with tert-alkyl or cyclic N) is 1. The molecule has 0 aliphatic carbocycles. The van der Waals surface area contributed by atoms with Gasteiger partial charge in [0.25, 0.3) is 0 Å². The van der Waals surface area contributed by atoms with E-state index in [-0.39, 0.29) is 36.8 Å². The molecule has 4 rings (SSSR count). The second-order valence-electron chi connectivity index (χ2n) is 6.44. The number of aromatic nitrogens is 2. The molecule has 27 heavy (non-hydrogen) atoms. The van der Waals surface area contributed by atoms with Gasteiger partial charge in [0.05, 0.1) is 23.6 Å². The van der Waals surface area contributed by atoms with Crippen molar-refractivity contribution in [3.05, 3.63) is 23.4 Å². The van der Waals surface area contributed by atoms with Gasteiger partial charge in [0.1, 0.15) is 0 Å². The van der Waals surface area contributed by atoms with Crippen LogP contribution in [0.15, 0.2) is 22.0 Å². The van der Waals surface area contributed by atoms with Crippen LogP contribution in [0.4, 0.5) is 0 Å². The minimum atomic E-state index is -0.412. The van der Waals surface area contributed by atoms with E-state index in [4.69, 9.17) is 4.52 Å². The van der Waals surface area contributed by atoms with Crippen LogP contribution in [0.5, 0.6) is 0 Å². The molecule has 0 radical (unpaired) electrons. The topological polar surface area (TPSA) is 94.7 Å². The second kappa shape index (κ2) is 9.81. The lowest BCUT2D eigenvalue weighted by atomic mass is 10.1. The van der Waals surface area contributed by atoms with Crippen molar-refractivity contribution < 1.29 is 14.4 Å². The van der Waals surface area contributed by atoms with Gasteiger partial charge in [-0.2, -0.15) is 4.98 Å². The van der Waals surface area contributed by atoms with Crippen LogP contribution in [-0.2, 0) is 11.3 Å². The Morgan fingerprint density at radius 1 is 1.33 bits per heavy atom. The van der Waals surface area contributed by atoms with Crippen molar-refractivity contribution in [3.8, 4) is 10.7 Å². The SMILES string of the molecule is Cl.Cl.O=C(C1CC(O)CN1)N1CCN(Cc2nc(-c3cccs3)no2)CC1. The number of carbonyl (C=O) groups is 1. The lowest BCUT2D eigenvalue weighted by molar-refractivity contribution is -0.135. The van der Waals surface area contributed by atoms with E-state index in [0.717, 1.165) is 18.0 Å². The Labute approximate surface area is 173 Å². The zero-order valence-electron chi connectivity index (χ0n) is 14.6. The van der Waals surface area contributed by atoms with E-state index in [1.807, 2.05) is 22.4 Å². The third-order valence-corrected chi connectivity index (χ3v) is 5.52. The zero-order valence-corrected chi connectivity index (χ0v) is 17.1. The molecular weight excluding hydrogens is 413 g/mol. The summed E-state index contributed by atoms with van der Waals surface area (Å²) < 4.78 is 5.34. The highest BCUT2D eigenvalue weighted by atomic mass is 35.5. The Hall–Kier alpha value is -1.23. The highest BCUT2D eigenvalue weighted by Gasteiger charge is 2.32. The third kappa shape index (κ3) is 5.18. The van der Waals surface area contributed by atoms with Crippen LogP contribution in [0.25, 0.3) is 10.7 Å². The summed E-state index contributed by atoms with van der Waals surface area (Å²) in [4.78, 5) is 22.0. The summed E-state index contributed by atoms with van der Waals surface area (Å²) in [5.41, 5.74) is 0. The van der Waals surface area contributed by atoms with Gasteiger partial charge in [-0.3, -0.25) is 9.69 Å². The van der Waals surface area contributed by atoms with Gasteiger partial charge >= 0.3 is 0 Å². The van der Waals surface area contributed by atoms with Crippen LogP contribution < -0.4 is 5.32 Å². The van der Waals surface area contributed by atoms with Crippen LogP contribution in [0, 0.1) is 0 Å². The summed E-state index contributed by atoms with van der Waals surface area (Å²) >= 11 is 1.58. The molecule has 150 valence electrons. The Bertz CT molecular complexity index is 721. The number of hydrogen-bond acceptors (Lipinski definition) is 8. The van der Waals surface area contributed by atoms with E-state index in [0.29, 0.717) is 44.3 Å². The molecule has 2 fully saturated rings. The van der Waals surface area contributed by atoms with Crippen molar-refractivity contribution in [3.63, 3.8) is 0 Å². The van der Waals surface area contributed by atoms with E-state index in [2.05, 4.69) is 20.4 Å². The third-order valence-electron chi connectivity index (χ3n) is 4.66. The molecule has 11 heteroatoms. The monoisotopic (exact) mass is 435 g/mol. The van der Waals surface area contributed by atoms with Gasteiger partial charge in [-0.15, -0.1) is 36.2 Å². The minimum Gasteiger partial charge on any atom is -0.392 e. The van der Waals surface area contributed by atoms with Crippen molar-refractivity contribution >= 4 is 42.1 Å². The molecule has 2 atom stereocenters. The summed E-state index contributed by atoms with van der Waals surface area (Å²) in [5, 5.41) is 18.7. The lowest BCUT2D eigenvalue weighted by Crippen LogP contribution is -2.52. The van der Waals surface area contributed by atoms with Gasteiger partial charge in [0.2, 0.25) is 17.6 Å². The molecule has 2 aromatic heterocycles. The number of carbonyl (C=O) groups excluding carboxylic acids is 1. The molecule has 8 nitrogen and oxygen atoms in total. The summed E-state index contributed by atoms with van der Waals surface area (Å²) in [6.07, 6.45) is 0.0947. The van der Waals surface area contributed by atoms with Crippen LogP contribution in [0.3, 0.4) is 0 Å². The Morgan fingerprint density at radius 3 is 2.74 bits per heavy atom. The minimum absolute atomic E-state index is 0. The lowest BCUT2D eigenvalue weighted by Gasteiger charge is -2.35. The fourth-order valence-electron chi connectivity index (χ4n) is 3.27. The number of thiophene rings is 1. The van der Waals surface area contributed by atoms with E-state index >= 15 is 0 Å². The van der Waals surface area contributed by atoms with Gasteiger partial charge in [-0.25, -0.2) is 0 Å². The van der Waals surface area contributed by atoms with Crippen LogP contribution >= 0.6 is 36.2 Å². The van der Waals surface area contributed by atoms with Gasteiger partial charge in [0, 0.05) is 32.7 Å². The number of nitrogens with zero attached hydrogens (tertiary/aromatic N) is 4. The van der Waals surface area contributed by atoms with E-state index in [1.165, 1.54) is 0 Å². The summed E-state index contributed by atoms with van der Waals surface area (Å²) in [6.45, 7) is 4.01. The van der Waals surface area contributed by atoms with Crippen LogP contribution in [-0.4, -0.2) is 75.8 Å². The quantitative estimate of drug-likeness (QED) is 0.739. The second-order valence-corrected chi connectivity index (χ2v) is 7.39. The number of nitrogens with one attached hydrogen (secondary N) is 1. The predicted octanol–water partition coefficient (Wildman–Crippen LogP) is 1.01. The van der Waals surface area contributed by atoms with Gasteiger partial charge in [-0.1, -0.05) is 11.2 Å². The van der Waals surface area contributed by atoms with Crippen molar-refractivity contribution in [1.29, 1.82) is 0 Å². The zero-order chi connectivity index (χ0) is 17.2. The number of rotatable bonds is 4. The highest BCUT2D eigenvalue weighted by Crippen LogP contribution is 2.21. The molecule has 2 unspecified atom stereocenters. The molecule has 0 spiro atoms. The van der Waals surface area contributed by atoms with E-state index in [1.54, 1.807) is 11.3 Å². The molecule has 2 N–H and O–H groups in total. The first-order valence-corrected chi connectivity index (χ1v) is 9.36. The number of halogens is 2. The van der Waals surface area contributed by atoms with E-state index < -0.39 is 6.10 Å². The largest absolute Gasteiger partial charge is 0.392 e. The maximum Gasteiger partial charge on any atom is 0.241 e. The van der Waals surface area contributed by atoms with Gasteiger partial charge in [0.15, 0.2) is 0 Å². The Balaban J connectivity index is 0.00000131. The number of piperazine rings is 1. The number of hydrogen-bond donors (Lipinski definition) is 2. The standard InChI is InChI=1S/C16H21N5O3S.2ClH/c22-11-8-12(17-9-11)16(23)21-5-3-20(4-6-21)10-14-18-15(19-24-14)13-2-1-7-25-13;;/h1-2,7,11-12,17,22H,3-6,8-10H2;2*1H. The fraction of sp³-hybridized carbons (Fsp3) is 0.562. The maximum atomic E-state index is 12.4. The summed E-state index contributed by atoms with van der Waals surface area (Å²) in [7, 11) is 0. The first-order chi connectivity index (χ1) is 12.2. The fourth-order valence-corrected chi connectivity index (χ4v) is 3.92. The van der Waals surface area contributed by atoms with Gasteiger partial charge < -0.3 is 19.8 Å². The average molecular weight is 436 g/mol. The average Bonchev–Trinajstić information content (AvgIpc) is 3.36. The first-order valence-electron chi connectivity index (χ1n) is 8.48. The Kier molecular flexibility index (Phi) is 8.02. The molecule has 2 aliphatic rings. The summed E-state index contributed by atoms with van der Waals surface area (Å²) in [5.74, 6) is 1.32. The van der Waals surface area contributed by atoms with Crippen molar-refractivity contribution in [2.45, 2.75) is 25.1 Å². The van der Waals surface area contributed by atoms with Crippen molar-refractivity contribution in [2.75, 3.05) is 32.7 Å². The normalized spacial score (nSPS) is 22.9. The van der Waals surface area contributed by atoms with Crippen molar-refractivity contribution in [2.24, 2.45) is 0 Å². The number of amides is 1. The smallest absolute Gasteiger partial charge is 0.241 e.